The Kier molecular flexibility index (Phi) is 4.79. The van der Waals surface area contributed by atoms with Crippen molar-refractivity contribution in [2.75, 3.05) is 0 Å². The summed E-state index contributed by atoms with van der Waals surface area (Å²) in [7, 11) is 0. The van der Waals surface area contributed by atoms with Gasteiger partial charge in [0.15, 0.2) is 0 Å². The number of halogens is 1. The Morgan fingerprint density at radius 2 is 2.18 bits per heavy atom. The number of pyridine rings is 1. The van der Waals surface area contributed by atoms with E-state index in [-0.39, 0.29) is 22.6 Å². The maximum absolute atomic E-state index is 11.8. The number of rotatable bonds is 4. The first kappa shape index (κ1) is 15.6. The molecule has 0 aliphatic rings. The van der Waals surface area contributed by atoms with Crippen LogP contribution in [0.25, 0.3) is 0 Å². The molecule has 0 bridgehead atoms. The monoisotopic (exact) mass is 364 g/mol. The van der Waals surface area contributed by atoms with Crippen LogP contribution in [0.2, 0.25) is 0 Å². The van der Waals surface area contributed by atoms with Gasteiger partial charge in [-0.05, 0) is 28.1 Å². The van der Waals surface area contributed by atoms with E-state index in [1.54, 1.807) is 6.07 Å². The van der Waals surface area contributed by atoms with E-state index in [0.29, 0.717) is 4.47 Å². The van der Waals surface area contributed by atoms with Crippen LogP contribution in [0.4, 0.5) is 5.69 Å². The number of nitrogens with one attached hydrogen (secondary N) is 1. The Morgan fingerprint density at radius 1 is 1.41 bits per heavy atom. The highest BCUT2D eigenvalue weighted by Crippen LogP contribution is 2.21. The van der Waals surface area contributed by atoms with Gasteiger partial charge in [-0.15, -0.1) is 0 Å². The van der Waals surface area contributed by atoms with Crippen LogP contribution in [0, 0.1) is 10.1 Å². The number of aromatic hydroxyl groups is 1. The molecule has 1 aromatic heterocycles. The maximum Gasteiger partial charge on any atom is 0.272 e. The van der Waals surface area contributed by atoms with Crippen LogP contribution >= 0.6 is 15.9 Å². The molecular formula is C13H9BrN4O4. The van der Waals surface area contributed by atoms with Crippen molar-refractivity contribution in [2.45, 2.75) is 0 Å². The van der Waals surface area contributed by atoms with Gasteiger partial charge in [0.1, 0.15) is 5.75 Å². The zero-order valence-electron chi connectivity index (χ0n) is 10.9. The minimum absolute atomic E-state index is 0.113. The van der Waals surface area contributed by atoms with Crippen molar-refractivity contribution in [1.29, 1.82) is 0 Å². The summed E-state index contributed by atoms with van der Waals surface area (Å²) >= 11 is 3.19. The number of carbonyl (C=O) groups is 1. The highest BCUT2D eigenvalue weighted by atomic mass is 79.9. The van der Waals surface area contributed by atoms with E-state index in [4.69, 9.17) is 0 Å². The molecule has 0 saturated heterocycles. The van der Waals surface area contributed by atoms with Crippen LogP contribution in [-0.2, 0) is 0 Å². The van der Waals surface area contributed by atoms with Gasteiger partial charge in [0, 0.05) is 34.6 Å². The lowest BCUT2D eigenvalue weighted by atomic mass is 10.2. The van der Waals surface area contributed by atoms with E-state index < -0.39 is 10.8 Å². The van der Waals surface area contributed by atoms with Crippen LogP contribution in [-0.4, -0.2) is 27.1 Å². The molecular weight excluding hydrogens is 356 g/mol. The number of phenols is 1. The van der Waals surface area contributed by atoms with Gasteiger partial charge in [-0.1, -0.05) is 0 Å². The molecule has 22 heavy (non-hydrogen) atoms. The lowest BCUT2D eigenvalue weighted by Crippen LogP contribution is -2.17. The number of phenolic OH excluding ortho intramolecular Hbond substituents is 1. The van der Waals surface area contributed by atoms with Gasteiger partial charge < -0.3 is 5.11 Å². The van der Waals surface area contributed by atoms with Gasteiger partial charge in [-0.25, -0.2) is 5.43 Å². The number of hydrazone groups is 1. The summed E-state index contributed by atoms with van der Waals surface area (Å²) in [5, 5.41) is 23.9. The third kappa shape index (κ3) is 3.85. The first-order valence-corrected chi connectivity index (χ1v) is 6.68. The number of non-ortho nitro benzene ring substituents is 1. The summed E-state index contributed by atoms with van der Waals surface area (Å²) in [6.07, 6.45) is 4.01. The van der Waals surface area contributed by atoms with Crippen molar-refractivity contribution >= 4 is 33.7 Å². The molecule has 2 rings (SSSR count). The lowest BCUT2D eigenvalue weighted by molar-refractivity contribution is -0.384. The zero-order chi connectivity index (χ0) is 16.1. The maximum atomic E-state index is 11.8. The Bertz CT molecular complexity index is 763. The molecule has 8 nitrogen and oxygen atoms in total. The molecule has 0 radical (unpaired) electrons. The first-order chi connectivity index (χ1) is 10.5. The van der Waals surface area contributed by atoms with Crippen LogP contribution in [0.1, 0.15) is 15.9 Å². The van der Waals surface area contributed by atoms with E-state index in [2.05, 4.69) is 31.4 Å². The van der Waals surface area contributed by atoms with Gasteiger partial charge in [0.25, 0.3) is 11.6 Å². The quantitative estimate of drug-likeness (QED) is 0.489. The number of carbonyl (C=O) groups excluding carboxylic acids is 1. The molecule has 1 aromatic carbocycles. The second kappa shape index (κ2) is 6.76. The summed E-state index contributed by atoms with van der Waals surface area (Å²) in [5.41, 5.74) is 2.45. The fourth-order valence-corrected chi connectivity index (χ4v) is 1.88. The lowest BCUT2D eigenvalue weighted by Gasteiger charge is -2.01. The highest BCUT2D eigenvalue weighted by molar-refractivity contribution is 9.10. The number of amides is 1. The van der Waals surface area contributed by atoms with Crippen molar-refractivity contribution in [3.05, 3.63) is 62.4 Å². The van der Waals surface area contributed by atoms with E-state index in [0.717, 1.165) is 12.3 Å². The van der Waals surface area contributed by atoms with Gasteiger partial charge >= 0.3 is 0 Å². The van der Waals surface area contributed by atoms with Crippen molar-refractivity contribution in [1.82, 2.24) is 10.4 Å². The van der Waals surface area contributed by atoms with E-state index >= 15 is 0 Å². The molecule has 2 N–H and O–H groups in total. The van der Waals surface area contributed by atoms with Gasteiger partial charge in [-0.3, -0.25) is 19.9 Å². The topological polar surface area (TPSA) is 118 Å². The fourth-order valence-electron chi connectivity index (χ4n) is 1.52. The molecule has 0 unspecified atom stereocenters. The fraction of sp³-hybridized carbons (Fsp3) is 0. The number of nitrogens with zero attached hydrogens (tertiary/aromatic N) is 3. The van der Waals surface area contributed by atoms with Crippen molar-refractivity contribution in [3.63, 3.8) is 0 Å². The predicted molar refractivity (Wildman–Crippen MR) is 81.8 cm³/mol. The molecule has 0 spiro atoms. The van der Waals surface area contributed by atoms with E-state index in [9.17, 15) is 20.0 Å². The molecule has 9 heteroatoms. The second-order valence-corrected chi connectivity index (χ2v) is 5.01. The largest absolute Gasteiger partial charge is 0.507 e. The molecule has 112 valence electrons. The average molecular weight is 365 g/mol. The summed E-state index contributed by atoms with van der Waals surface area (Å²) in [6.45, 7) is 0. The van der Waals surface area contributed by atoms with Gasteiger partial charge in [0.2, 0.25) is 0 Å². The molecule has 0 saturated carbocycles. The Labute approximate surface area is 132 Å². The minimum Gasteiger partial charge on any atom is -0.507 e. The van der Waals surface area contributed by atoms with Crippen LogP contribution in [0.5, 0.6) is 5.75 Å². The molecule has 0 aliphatic heterocycles. The molecule has 2 aromatic rings. The Hall–Kier alpha value is -2.81. The normalized spacial score (nSPS) is 10.6. The summed E-state index contributed by atoms with van der Waals surface area (Å²) in [5.74, 6) is -0.692. The third-order valence-electron chi connectivity index (χ3n) is 2.56. The molecule has 1 amide bonds. The number of hydrogen-bond donors (Lipinski definition) is 2. The van der Waals surface area contributed by atoms with E-state index in [1.807, 2.05) is 0 Å². The Morgan fingerprint density at radius 3 is 2.86 bits per heavy atom. The number of hydrogen-bond acceptors (Lipinski definition) is 6. The van der Waals surface area contributed by atoms with Crippen molar-refractivity contribution in [3.8, 4) is 5.75 Å². The summed E-state index contributed by atoms with van der Waals surface area (Å²) in [6, 6.07) is 5.05. The van der Waals surface area contributed by atoms with Crippen LogP contribution in [0.3, 0.4) is 0 Å². The number of benzene rings is 1. The molecule has 0 fully saturated rings. The Balaban J connectivity index is 2.11. The van der Waals surface area contributed by atoms with Crippen molar-refractivity contribution in [2.24, 2.45) is 5.10 Å². The average Bonchev–Trinajstić information content (AvgIpc) is 2.48. The number of aromatic nitrogens is 1. The SMILES string of the molecule is O=C(N/N=C/c1cc([N+](=O)[O-])ccc1O)c1cncc(Br)c1. The van der Waals surface area contributed by atoms with Crippen LogP contribution < -0.4 is 5.43 Å². The third-order valence-corrected chi connectivity index (χ3v) is 2.99. The predicted octanol–water partition coefficient (Wildman–Crippen LogP) is 2.22. The summed E-state index contributed by atoms with van der Waals surface area (Å²) in [4.78, 5) is 25.7. The van der Waals surface area contributed by atoms with Crippen LogP contribution in [0.15, 0.2) is 46.2 Å². The first-order valence-electron chi connectivity index (χ1n) is 5.89. The van der Waals surface area contributed by atoms with Gasteiger partial charge in [-0.2, -0.15) is 5.10 Å². The number of nitro benzene ring substituents is 1. The van der Waals surface area contributed by atoms with E-state index in [1.165, 1.54) is 24.5 Å². The molecule has 0 atom stereocenters. The highest BCUT2D eigenvalue weighted by Gasteiger charge is 2.09. The number of nitro groups is 1. The smallest absolute Gasteiger partial charge is 0.272 e. The molecule has 1 heterocycles. The molecule has 0 aliphatic carbocycles. The second-order valence-electron chi connectivity index (χ2n) is 4.09. The van der Waals surface area contributed by atoms with Crippen molar-refractivity contribution < 1.29 is 14.8 Å². The van der Waals surface area contributed by atoms with Gasteiger partial charge in [0.05, 0.1) is 16.7 Å². The summed E-state index contributed by atoms with van der Waals surface area (Å²) < 4.78 is 0.639. The standard InChI is InChI=1S/C13H9BrN4O4/c14-10-3-9(5-15-7-10)13(20)17-16-6-8-4-11(18(21)22)1-2-12(8)19/h1-7,19H,(H,17,20)/b16-6+. The minimum atomic E-state index is -0.595. The zero-order valence-corrected chi connectivity index (χ0v) is 12.5.